The number of benzene rings is 2. The third-order valence-electron chi connectivity index (χ3n) is 9.01. The molecule has 262 valence electrons. The minimum Gasteiger partial charge on any atom is -1.00 e. The van der Waals surface area contributed by atoms with Gasteiger partial charge in [0.15, 0.2) is 0 Å². The maximum absolute atomic E-state index is 11.3. The van der Waals surface area contributed by atoms with Gasteiger partial charge in [0.25, 0.3) is 0 Å². The Morgan fingerprint density at radius 1 is 0.848 bits per heavy atom. The quantitative estimate of drug-likeness (QED) is 0.289. The first-order chi connectivity index (χ1) is 19.9. The molecule has 1 heterocycles. The van der Waals surface area contributed by atoms with Crippen molar-refractivity contribution in [2.24, 2.45) is 17.8 Å². The van der Waals surface area contributed by atoms with E-state index in [-0.39, 0.29) is 86.6 Å². The van der Waals surface area contributed by atoms with Gasteiger partial charge in [-0.3, -0.25) is 4.79 Å². The molecule has 4 nitrogen and oxygen atoms in total. The van der Waals surface area contributed by atoms with Gasteiger partial charge in [0.2, 0.25) is 0 Å². The Labute approximate surface area is 330 Å². The monoisotopic (exact) mass is 769 g/mol. The van der Waals surface area contributed by atoms with Crippen LogP contribution in [0, 0.1) is 23.8 Å². The van der Waals surface area contributed by atoms with Crippen molar-refractivity contribution in [1.82, 2.24) is 5.32 Å². The zero-order valence-corrected chi connectivity index (χ0v) is 35.0. The van der Waals surface area contributed by atoms with Gasteiger partial charge in [0.05, 0.1) is 0 Å². The maximum atomic E-state index is 11.3. The van der Waals surface area contributed by atoms with Gasteiger partial charge in [-0.2, -0.15) is 76.9 Å². The molecule has 2 N–H and O–H groups in total. The number of likely N-dealkylation sites (N-methyl/N-ethyl adjacent to an activating group) is 1. The van der Waals surface area contributed by atoms with Crippen LogP contribution in [-0.2, 0) is 15.1 Å². The molecular formula is C37H64BrMgNO3S3. The minimum absolute atomic E-state index is 0. The van der Waals surface area contributed by atoms with E-state index in [0.717, 1.165) is 25.2 Å². The fraction of sp³-hybridized carbons (Fsp3) is 0.649. The van der Waals surface area contributed by atoms with Crippen molar-refractivity contribution in [3.8, 4) is 0 Å². The van der Waals surface area contributed by atoms with Gasteiger partial charge in [-0.25, -0.2) is 0 Å². The van der Waals surface area contributed by atoms with Crippen LogP contribution in [0.1, 0.15) is 110 Å². The van der Waals surface area contributed by atoms with Gasteiger partial charge in [-0.1, -0.05) is 75.8 Å². The van der Waals surface area contributed by atoms with Crippen molar-refractivity contribution in [2.45, 2.75) is 116 Å². The SMILES string of the molecule is C1CCOC1.CC[C@H](C(C)=O)C1CCCCC1.CN[C@@H](C1CCCCC1)[C@@](C)(O)c1ccccc1.S.S.S.[Br-].[Mg+2].[c-]1ccccc1. The van der Waals surface area contributed by atoms with E-state index >= 15 is 0 Å². The van der Waals surface area contributed by atoms with E-state index in [0.29, 0.717) is 23.5 Å². The van der Waals surface area contributed by atoms with Crippen LogP contribution in [0.2, 0.25) is 0 Å². The summed E-state index contributed by atoms with van der Waals surface area (Å²) in [6.45, 7) is 7.83. The fourth-order valence-corrected chi connectivity index (χ4v) is 6.74. The number of halogens is 1. The predicted molar refractivity (Wildman–Crippen MR) is 209 cm³/mol. The molecule has 3 fully saturated rings. The van der Waals surface area contributed by atoms with Crippen LogP contribution in [0.4, 0.5) is 0 Å². The molecule has 1 aliphatic heterocycles. The number of Topliss-reactive ketones (excluding diaryl/α,β-unsaturated/α-hetero) is 1. The van der Waals surface area contributed by atoms with Crippen molar-refractivity contribution < 1.29 is 31.6 Å². The molecule has 3 aliphatic rings. The van der Waals surface area contributed by atoms with Crippen LogP contribution >= 0.6 is 40.5 Å². The van der Waals surface area contributed by atoms with E-state index in [1.54, 1.807) is 6.92 Å². The second-order valence-corrected chi connectivity index (χ2v) is 12.1. The van der Waals surface area contributed by atoms with Crippen LogP contribution < -0.4 is 22.3 Å². The molecule has 0 radical (unpaired) electrons. The Balaban J connectivity index is -0.000000274. The van der Waals surface area contributed by atoms with Gasteiger partial charge < -0.3 is 32.1 Å². The number of aliphatic hydroxyl groups is 1. The van der Waals surface area contributed by atoms with E-state index in [1.807, 2.05) is 74.6 Å². The Morgan fingerprint density at radius 2 is 1.30 bits per heavy atom. The molecule has 46 heavy (non-hydrogen) atoms. The number of ketones is 1. The summed E-state index contributed by atoms with van der Waals surface area (Å²) in [6.07, 6.45) is 16.6. The first-order valence-corrected chi connectivity index (χ1v) is 16.4. The summed E-state index contributed by atoms with van der Waals surface area (Å²) >= 11 is 0. The van der Waals surface area contributed by atoms with Crippen molar-refractivity contribution in [1.29, 1.82) is 0 Å². The predicted octanol–water partition coefficient (Wildman–Crippen LogP) is 5.49. The summed E-state index contributed by atoms with van der Waals surface area (Å²) in [5.41, 5.74) is 0.216. The van der Waals surface area contributed by atoms with Crippen LogP contribution in [0.5, 0.6) is 0 Å². The Hall–Kier alpha value is 0.286. The second kappa shape index (κ2) is 32.5. The van der Waals surface area contributed by atoms with Crippen molar-refractivity contribution in [2.75, 3.05) is 20.3 Å². The summed E-state index contributed by atoms with van der Waals surface area (Å²) in [5.74, 6) is 2.06. The number of nitrogens with one attached hydrogen (secondary N) is 1. The summed E-state index contributed by atoms with van der Waals surface area (Å²) in [6, 6.07) is 22.7. The number of hydrogen-bond acceptors (Lipinski definition) is 4. The molecule has 0 unspecified atom stereocenters. The summed E-state index contributed by atoms with van der Waals surface area (Å²) in [5, 5.41) is 14.3. The van der Waals surface area contributed by atoms with Crippen molar-refractivity contribution in [3.05, 3.63) is 72.3 Å². The van der Waals surface area contributed by atoms with E-state index in [1.165, 1.54) is 77.0 Å². The number of rotatable bonds is 7. The number of ether oxygens (including phenoxy) is 1. The molecule has 2 aliphatic carbocycles. The van der Waals surface area contributed by atoms with E-state index in [4.69, 9.17) is 4.74 Å². The van der Waals surface area contributed by atoms with Crippen LogP contribution in [0.15, 0.2) is 60.7 Å². The summed E-state index contributed by atoms with van der Waals surface area (Å²) in [7, 11) is 1.97. The van der Waals surface area contributed by atoms with Crippen molar-refractivity contribution in [3.63, 3.8) is 0 Å². The molecular weight excluding hydrogens is 707 g/mol. The van der Waals surface area contributed by atoms with E-state index < -0.39 is 5.60 Å². The smallest absolute Gasteiger partial charge is 1.00 e. The van der Waals surface area contributed by atoms with Gasteiger partial charge in [0.1, 0.15) is 11.4 Å². The molecule has 0 aromatic heterocycles. The average molecular weight is 771 g/mol. The summed E-state index contributed by atoms with van der Waals surface area (Å²) in [4.78, 5) is 11.3. The first kappa shape index (κ1) is 53.1. The molecule has 0 amide bonds. The molecule has 0 bridgehead atoms. The van der Waals surface area contributed by atoms with Gasteiger partial charge in [-0.05, 0) is 83.2 Å². The molecule has 2 saturated carbocycles. The Kier molecular flexibility index (Phi) is 37.5. The zero-order valence-electron chi connectivity index (χ0n) is 29.0. The van der Waals surface area contributed by atoms with Crippen LogP contribution in [0.25, 0.3) is 0 Å². The number of carbonyl (C=O) groups is 1. The molecule has 0 spiro atoms. The van der Waals surface area contributed by atoms with Gasteiger partial charge in [0, 0.05) is 25.2 Å². The zero-order chi connectivity index (χ0) is 29.8. The Bertz CT molecular complexity index is 880. The second-order valence-electron chi connectivity index (χ2n) is 12.1. The largest absolute Gasteiger partial charge is 2.00 e. The van der Waals surface area contributed by atoms with Crippen LogP contribution in [0.3, 0.4) is 0 Å². The third-order valence-corrected chi connectivity index (χ3v) is 9.01. The number of hydrogen-bond donors (Lipinski definition) is 2. The maximum Gasteiger partial charge on any atom is 2.00 e. The molecule has 5 rings (SSSR count). The van der Waals surface area contributed by atoms with E-state index in [2.05, 4.69) is 18.3 Å². The first-order valence-electron chi connectivity index (χ1n) is 16.4. The topological polar surface area (TPSA) is 58.6 Å². The minimum atomic E-state index is -0.794. The number of carbonyl (C=O) groups excluding carboxylic acids is 1. The van der Waals surface area contributed by atoms with Gasteiger partial charge >= 0.3 is 23.1 Å². The Morgan fingerprint density at radius 3 is 1.63 bits per heavy atom. The third kappa shape index (κ3) is 20.7. The normalized spacial score (nSPS) is 18.2. The van der Waals surface area contributed by atoms with Crippen LogP contribution in [-0.4, -0.2) is 60.2 Å². The molecule has 2 aromatic rings. The summed E-state index contributed by atoms with van der Waals surface area (Å²) < 4.78 is 4.94. The van der Waals surface area contributed by atoms with E-state index in [9.17, 15) is 9.90 Å². The molecule has 3 atom stereocenters. The fourth-order valence-electron chi connectivity index (χ4n) is 6.74. The molecule has 2 aromatic carbocycles. The standard InChI is InChI=1S/C16H25NO.C11H20O.C6H5.C4H8O.BrH.Mg.3H2S/c1-16(18,14-11-7-4-8-12-14)15(17-2)13-9-5-3-6-10-13;1-3-11(9(2)12)10-7-5-4-6-8-10;1-2-4-6-5-3-1;1-2-4-5-3-1;;;;;/h4,7-8,11-13,15,17-18H,3,5-6,9-10H2,1-2H3;10-11H,3-8H2,1-2H3;1-5H;1-4H2;1H;;3*1H2/q;;-1;;;+2;;;/p-1/t15-,16-;11-;;;;;;;/m01......./s1. The average Bonchev–Trinajstić information content (AvgIpc) is 3.62. The molecule has 9 heteroatoms. The molecule has 1 saturated heterocycles. The van der Waals surface area contributed by atoms with Crippen molar-refractivity contribution >= 4 is 69.3 Å². The van der Waals surface area contributed by atoms with Gasteiger partial charge in [-0.15, -0.1) is 0 Å².